The standard InChI is InChI=1S/C8H20NO/c1-7(2)8(10)6-9(3,4)5/h7-8,10H,6H2,1-5H3/q+1. The lowest BCUT2D eigenvalue weighted by Crippen LogP contribution is -2.43. The molecule has 2 nitrogen and oxygen atoms in total. The summed E-state index contributed by atoms with van der Waals surface area (Å²) in [4.78, 5) is 0. The molecule has 2 heteroatoms. The van der Waals surface area contributed by atoms with Gasteiger partial charge in [-0.15, -0.1) is 0 Å². The van der Waals surface area contributed by atoms with Crippen LogP contribution in [0.5, 0.6) is 0 Å². The molecule has 1 N–H and O–H groups in total. The van der Waals surface area contributed by atoms with Crippen LogP contribution in [0.25, 0.3) is 0 Å². The molecule has 0 aromatic heterocycles. The zero-order chi connectivity index (χ0) is 8.36. The molecular formula is C8H20NO+. The first-order valence-electron chi connectivity index (χ1n) is 3.81. The number of quaternary nitrogens is 1. The van der Waals surface area contributed by atoms with Gasteiger partial charge in [0.15, 0.2) is 0 Å². The maximum absolute atomic E-state index is 9.45. The Kier molecular flexibility index (Phi) is 3.33. The molecule has 0 aromatic rings. The van der Waals surface area contributed by atoms with E-state index in [2.05, 4.69) is 21.1 Å². The minimum atomic E-state index is -0.167. The molecule has 0 aliphatic heterocycles. The van der Waals surface area contributed by atoms with E-state index in [1.807, 2.05) is 13.8 Å². The number of hydrogen-bond acceptors (Lipinski definition) is 1. The largest absolute Gasteiger partial charge is 0.387 e. The van der Waals surface area contributed by atoms with Crippen LogP contribution < -0.4 is 0 Å². The Morgan fingerprint density at radius 2 is 1.60 bits per heavy atom. The topological polar surface area (TPSA) is 20.2 Å². The first kappa shape index (κ1) is 9.92. The fourth-order valence-electron chi connectivity index (χ4n) is 0.772. The van der Waals surface area contributed by atoms with E-state index in [9.17, 15) is 5.11 Å². The second-order valence-corrected chi connectivity index (χ2v) is 4.28. The average Bonchev–Trinajstić information content (AvgIpc) is 1.60. The van der Waals surface area contributed by atoms with Crippen molar-refractivity contribution < 1.29 is 9.59 Å². The average molecular weight is 146 g/mol. The molecule has 1 atom stereocenters. The summed E-state index contributed by atoms with van der Waals surface area (Å²) in [5.41, 5.74) is 0. The van der Waals surface area contributed by atoms with Crippen molar-refractivity contribution in [1.29, 1.82) is 0 Å². The van der Waals surface area contributed by atoms with Gasteiger partial charge >= 0.3 is 0 Å². The first-order valence-corrected chi connectivity index (χ1v) is 3.81. The summed E-state index contributed by atoms with van der Waals surface area (Å²) in [6.07, 6.45) is -0.167. The van der Waals surface area contributed by atoms with E-state index in [0.29, 0.717) is 5.92 Å². The maximum atomic E-state index is 9.45. The van der Waals surface area contributed by atoms with Gasteiger partial charge < -0.3 is 9.59 Å². The molecule has 0 fully saturated rings. The van der Waals surface area contributed by atoms with Crippen LogP contribution in [0.4, 0.5) is 0 Å². The molecule has 0 spiro atoms. The highest BCUT2D eigenvalue weighted by atomic mass is 16.3. The van der Waals surface area contributed by atoms with Crippen LogP contribution in [0.3, 0.4) is 0 Å². The Balaban J connectivity index is 3.68. The molecule has 0 rings (SSSR count). The van der Waals surface area contributed by atoms with E-state index < -0.39 is 0 Å². The lowest BCUT2D eigenvalue weighted by Gasteiger charge is -2.28. The van der Waals surface area contributed by atoms with Crippen molar-refractivity contribution in [2.45, 2.75) is 20.0 Å². The monoisotopic (exact) mass is 146 g/mol. The summed E-state index contributed by atoms with van der Waals surface area (Å²) in [7, 11) is 6.27. The van der Waals surface area contributed by atoms with Crippen molar-refractivity contribution in [3.05, 3.63) is 0 Å². The molecule has 0 aromatic carbocycles. The quantitative estimate of drug-likeness (QED) is 0.581. The van der Waals surface area contributed by atoms with Crippen LogP contribution in [0.2, 0.25) is 0 Å². The molecule has 0 aliphatic rings. The van der Waals surface area contributed by atoms with Gasteiger partial charge in [0.2, 0.25) is 0 Å². The Bertz CT molecular complexity index is 93.9. The van der Waals surface area contributed by atoms with E-state index in [0.717, 1.165) is 11.0 Å². The summed E-state index contributed by atoms with van der Waals surface area (Å²) in [6, 6.07) is 0. The zero-order valence-corrected chi connectivity index (χ0v) is 7.76. The summed E-state index contributed by atoms with van der Waals surface area (Å²) < 4.78 is 0.833. The highest BCUT2D eigenvalue weighted by Crippen LogP contribution is 2.04. The van der Waals surface area contributed by atoms with Gasteiger partial charge in [-0.1, -0.05) is 13.8 Å². The van der Waals surface area contributed by atoms with E-state index in [4.69, 9.17) is 0 Å². The summed E-state index contributed by atoms with van der Waals surface area (Å²) in [6.45, 7) is 4.92. The predicted molar refractivity (Wildman–Crippen MR) is 43.7 cm³/mol. The molecule has 10 heavy (non-hydrogen) atoms. The van der Waals surface area contributed by atoms with Crippen molar-refractivity contribution in [3.8, 4) is 0 Å². The molecule has 0 radical (unpaired) electrons. The van der Waals surface area contributed by atoms with Crippen LogP contribution in [0, 0.1) is 5.92 Å². The van der Waals surface area contributed by atoms with Crippen LogP contribution in [-0.4, -0.2) is 43.4 Å². The van der Waals surface area contributed by atoms with Crippen molar-refractivity contribution in [2.24, 2.45) is 5.92 Å². The van der Waals surface area contributed by atoms with Crippen molar-refractivity contribution in [2.75, 3.05) is 27.7 Å². The van der Waals surface area contributed by atoms with Crippen molar-refractivity contribution >= 4 is 0 Å². The number of likely N-dealkylation sites (N-methyl/N-ethyl adjacent to an activating group) is 1. The van der Waals surface area contributed by atoms with Crippen LogP contribution in [-0.2, 0) is 0 Å². The Morgan fingerprint density at radius 3 is 1.70 bits per heavy atom. The predicted octanol–water partition coefficient (Wildman–Crippen LogP) is 0.710. The molecule has 0 saturated heterocycles. The third-order valence-corrected chi connectivity index (χ3v) is 1.50. The maximum Gasteiger partial charge on any atom is 0.105 e. The fourth-order valence-corrected chi connectivity index (χ4v) is 0.772. The normalized spacial score (nSPS) is 15.9. The Morgan fingerprint density at radius 1 is 1.20 bits per heavy atom. The second kappa shape index (κ2) is 3.35. The summed E-state index contributed by atoms with van der Waals surface area (Å²) in [5.74, 6) is 0.373. The molecule has 0 amide bonds. The summed E-state index contributed by atoms with van der Waals surface area (Å²) in [5, 5.41) is 9.45. The van der Waals surface area contributed by atoms with Gasteiger partial charge in [0.25, 0.3) is 0 Å². The fraction of sp³-hybridized carbons (Fsp3) is 1.00. The molecule has 0 bridgehead atoms. The van der Waals surface area contributed by atoms with Crippen LogP contribution in [0.1, 0.15) is 13.8 Å². The van der Waals surface area contributed by atoms with Gasteiger partial charge in [0.05, 0.1) is 21.1 Å². The molecule has 0 saturated carbocycles. The molecule has 62 valence electrons. The van der Waals surface area contributed by atoms with Gasteiger partial charge in [-0.05, 0) is 5.92 Å². The van der Waals surface area contributed by atoms with E-state index in [-0.39, 0.29) is 6.10 Å². The van der Waals surface area contributed by atoms with E-state index in [1.54, 1.807) is 0 Å². The minimum absolute atomic E-state index is 0.167. The number of nitrogens with zero attached hydrogens (tertiary/aromatic N) is 1. The minimum Gasteiger partial charge on any atom is -0.387 e. The number of hydrogen-bond donors (Lipinski definition) is 1. The lowest BCUT2D eigenvalue weighted by molar-refractivity contribution is -0.874. The van der Waals surface area contributed by atoms with Crippen molar-refractivity contribution in [1.82, 2.24) is 0 Å². The van der Waals surface area contributed by atoms with Gasteiger partial charge in [-0.3, -0.25) is 0 Å². The highest BCUT2D eigenvalue weighted by molar-refractivity contribution is 4.57. The Hall–Kier alpha value is -0.0800. The van der Waals surface area contributed by atoms with Gasteiger partial charge in [0, 0.05) is 0 Å². The third-order valence-electron chi connectivity index (χ3n) is 1.50. The van der Waals surface area contributed by atoms with E-state index in [1.165, 1.54) is 0 Å². The molecule has 0 heterocycles. The van der Waals surface area contributed by atoms with Gasteiger partial charge in [-0.2, -0.15) is 0 Å². The smallest absolute Gasteiger partial charge is 0.105 e. The highest BCUT2D eigenvalue weighted by Gasteiger charge is 2.17. The number of aliphatic hydroxyl groups is 1. The number of rotatable bonds is 3. The van der Waals surface area contributed by atoms with Crippen LogP contribution in [0.15, 0.2) is 0 Å². The summed E-state index contributed by atoms with van der Waals surface area (Å²) >= 11 is 0. The van der Waals surface area contributed by atoms with Crippen LogP contribution >= 0.6 is 0 Å². The Labute approximate surface area is 64.1 Å². The van der Waals surface area contributed by atoms with Gasteiger partial charge in [0.1, 0.15) is 12.6 Å². The van der Waals surface area contributed by atoms with Crippen molar-refractivity contribution in [3.63, 3.8) is 0 Å². The molecular weight excluding hydrogens is 126 g/mol. The lowest BCUT2D eigenvalue weighted by atomic mass is 10.1. The molecule has 0 aliphatic carbocycles. The third kappa shape index (κ3) is 4.77. The van der Waals surface area contributed by atoms with Gasteiger partial charge in [-0.25, -0.2) is 0 Å². The second-order valence-electron chi connectivity index (χ2n) is 4.28. The first-order chi connectivity index (χ1) is 4.33. The molecule has 1 unspecified atom stereocenters. The zero-order valence-electron chi connectivity index (χ0n) is 7.76. The SMILES string of the molecule is CC(C)C(O)C[N+](C)(C)C. The number of aliphatic hydroxyl groups excluding tert-OH is 1. The van der Waals surface area contributed by atoms with E-state index >= 15 is 0 Å².